The zero-order valence-electron chi connectivity index (χ0n) is 17.2. The van der Waals surface area contributed by atoms with Crippen molar-refractivity contribution >= 4 is 17.5 Å². The molecule has 2 atom stereocenters. The number of aryl methyl sites for hydroxylation is 2. The average molecular weight is 386 g/mol. The van der Waals surface area contributed by atoms with Crippen molar-refractivity contribution in [3.63, 3.8) is 0 Å². The third-order valence-electron chi connectivity index (χ3n) is 4.98. The number of nitrogens with zero attached hydrogens (tertiary/aromatic N) is 1. The Morgan fingerprint density at radius 3 is 2.36 bits per heavy atom. The molecule has 2 aromatic rings. The van der Waals surface area contributed by atoms with Crippen molar-refractivity contribution in [2.24, 2.45) is 0 Å². The van der Waals surface area contributed by atoms with Gasteiger partial charge in [0.15, 0.2) is 12.6 Å². The molecule has 0 spiro atoms. The molecule has 0 aliphatic carbocycles. The first-order valence-electron chi connectivity index (χ1n) is 9.37. The van der Waals surface area contributed by atoms with Gasteiger partial charge in [-0.25, -0.2) is 4.39 Å². The Kier molecular flexibility index (Phi) is 7.29. The topological polar surface area (TPSA) is 53.9 Å². The molecule has 0 aromatic heterocycles. The number of likely N-dealkylation sites (N-methyl/N-ethyl adjacent to an activating group) is 2. The van der Waals surface area contributed by atoms with E-state index in [1.165, 1.54) is 12.1 Å². The van der Waals surface area contributed by atoms with Gasteiger partial charge in [0.1, 0.15) is 5.82 Å². The summed E-state index contributed by atoms with van der Waals surface area (Å²) in [6.45, 7) is 6.20. The first kappa shape index (κ1) is 21.6. The summed E-state index contributed by atoms with van der Waals surface area (Å²) in [7, 11) is 3.51. The molecule has 150 valence electrons. The van der Waals surface area contributed by atoms with Gasteiger partial charge in [0.2, 0.25) is 0 Å². The van der Waals surface area contributed by atoms with Crippen molar-refractivity contribution in [1.29, 1.82) is 0 Å². The lowest BCUT2D eigenvalue weighted by Crippen LogP contribution is -3.15. The molecule has 2 amide bonds. The first-order valence-corrected chi connectivity index (χ1v) is 9.37. The Morgan fingerprint density at radius 1 is 1.14 bits per heavy atom. The van der Waals surface area contributed by atoms with Crippen molar-refractivity contribution in [1.82, 2.24) is 4.90 Å². The number of anilines is 1. The average Bonchev–Trinajstić information content (AvgIpc) is 2.63. The van der Waals surface area contributed by atoms with Crippen molar-refractivity contribution in [2.45, 2.75) is 33.4 Å². The Bertz CT molecular complexity index is 833. The van der Waals surface area contributed by atoms with Gasteiger partial charge in [-0.2, -0.15) is 0 Å². The molecule has 2 aromatic carbocycles. The number of carbonyl (C=O) groups is 2. The minimum Gasteiger partial charge on any atom is -0.336 e. The van der Waals surface area contributed by atoms with Crippen LogP contribution in [0.4, 0.5) is 10.1 Å². The molecular formula is C22H29FN3O2+. The summed E-state index contributed by atoms with van der Waals surface area (Å²) < 4.78 is 13.3. The van der Waals surface area contributed by atoms with Gasteiger partial charge in [0.25, 0.3) is 11.8 Å². The van der Waals surface area contributed by atoms with E-state index < -0.39 is 6.04 Å². The van der Waals surface area contributed by atoms with E-state index in [9.17, 15) is 14.0 Å². The minimum absolute atomic E-state index is 0.0957. The Labute approximate surface area is 166 Å². The molecule has 2 rings (SSSR count). The standard InChI is InChI=1S/C22H28FN3O2/c1-15-8-6-9-16(2)21(15)24-20(27)14-25(4)17(3)22(28)26(5)13-18-10-7-11-19(23)12-18/h6-12,17H,13-14H2,1-5H3,(H,24,27)/p+1/t17-/m1/s1. The van der Waals surface area contributed by atoms with Crippen LogP contribution in [0.5, 0.6) is 0 Å². The van der Waals surface area contributed by atoms with E-state index in [1.54, 1.807) is 31.0 Å². The van der Waals surface area contributed by atoms with Gasteiger partial charge >= 0.3 is 0 Å². The lowest BCUT2D eigenvalue weighted by Gasteiger charge is -2.25. The van der Waals surface area contributed by atoms with Gasteiger partial charge in [-0.15, -0.1) is 0 Å². The van der Waals surface area contributed by atoms with E-state index in [-0.39, 0.29) is 24.2 Å². The van der Waals surface area contributed by atoms with Crippen LogP contribution < -0.4 is 10.2 Å². The normalized spacial score (nSPS) is 12.9. The molecule has 5 nitrogen and oxygen atoms in total. The number of rotatable bonds is 7. The summed E-state index contributed by atoms with van der Waals surface area (Å²) in [4.78, 5) is 27.5. The second-order valence-electron chi connectivity index (χ2n) is 7.38. The van der Waals surface area contributed by atoms with Gasteiger partial charge in [-0.3, -0.25) is 9.59 Å². The van der Waals surface area contributed by atoms with Crippen molar-refractivity contribution in [2.75, 3.05) is 26.0 Å². The van der Waals surface area contributed by atoms with Crippen LogP contribution in [0.2, 0.25) is 0 Å². The molecule has 0 saturated carbocycles. The van der Waals surface area contributed by atoms with E-state index >= 15 is 0 Å². The summed E-state index contributed by atoms with van der Waals surface area (Å²) in [5.74, 6) is -0.554. The summed E-state index contributed by atoms with van der Waals surface area (Å²) in [6, 6.07) is 11.7. The Morgan fingerprint density at radius 2 is 1.75 bits per heavy atom. The van der Waals surface area contributed by atoms with Gasteiger partial charge in [-0.1, -0.05) is 30.3 Å². The molecular weight excluding hydrogens is 357 g/mol. The zero-order valence-corrected chi connectivity index (χ0v) is 17.2. The molecule has 0 bridgehead atoms. The molecule has 0 saturated heterocycles. The van der Waals surface area contributed by atoms with E-state index in [1.807, 2.05) is 39.1 Å². The SMILES string of the molecule is Cc1cccc(C)c1NC(=O)C[NH+](C)[C@H](C)C(=O)N(C)Cc1cccc(F)c1. The molecule has 0 fully saturated rings. The number of amides is 2. The van der Waals surface area contributed by atoms with Crippen molar-refractivity contribution in [3.8, 4) is 0 Å². The van der Waals surface area contributed by atoms with Gasteiger partial charge in [0.05, 0.1) is 7.05 Å². The number of carbonyl (C=O) groups excluding carboxylic acids is 2. The molecule has 1 unspecified atom stereocenters. The van der Waals surface area contributed by atoms with Crippen LogP contribution in [-0.4, -0.2) is 43.4 Å². The summed E-state index contributed by atoms with van der Waals surface area (Å²) in [6.07, 6.45) is 0. The van der Waals surface area contributed by atoms with E-state index in [4.69, 9.17) is 0 Å². The predicted molar refractivity (Wildman–Crippen MR) is 109 cm³/mol. The Hall–Kier alpha value is -2.73. The minimum atomic E-state index is -0.401. The fourth-order valence-electron chi connectivity index (χ4n) is 3.13. The fourth-order valence-corrected chi connectivity index (χ4v) is 3.13. The van der Waals surface area contributed by atoms with Crippen molar-refractivity contribution < 1.29 is 18.9 Å². The summed E-state index contributed by atoms with van der Waals surface area (Å²) >= 11 is 0. The van der Waals surface area contributed by atoms with Crippen LogP contribution in [0.25, 0.3) is 0 Å². The highest BCUT2D eigenvalue weighted by molar-refractivity contribution is 5.93. The number of hydrogen-bond donors (Lipinski definition) is 2. The zero-order chi connectivity index (χ0) is 20.8. The highest BCUT2D eigenvalue weighted by atomic mass is 19.1. The monoisotopic (exact) mass is 386 g/mol. The molecule has 2 N–H and O–H groups in total. The van der Waals surface area contributed by atoms with Gasteiger partial charge in [0, 0.05) is 19.3 Å². The maximum absolute atomic E-state index is 13.3. The number of halogens is 1. The molecule has 6 heteroatoms. The highest BCUT2D eigenvalue weighted by Crippen LogP contribution is 2.18. The molecule has 0 heterocycles. The lowest BCUT2D eigenvalue weighted by molar-refractivity contribution is -0.886. The van der Waals surface area contributed by atoms with E-state index in [0.29, 0.717) is 6.54 Å². The van der Waals surface area contributed by atoms with Gasteiger partial charge < -0.3 is 15.1 Å². The second kappa shape index (κ2) is 9.46. The molecule has 28 heavy (non-hydrogen) atoms. The molecule has 0 aliphatic rings. The largest absolute Gasteiger partial charge is 0.336 e. The van der Waals surface area contributed by atoms with Crippen LogP contribution in [0.15, 0.2) is 42.5 Å². The lowest BCUT2D eigenvalue weighted by atomic mass is 10.1. The maximum Gasteiger partial charge on any atom is 0.280 e. The van der Waals surface area contributed by atoms with Crippen LogP contribution in [0, 0.1) is 19.7 Å². The summed E-state index contributed by atoms with van der Waals surface area (Å²) in [5.41, 5.74) is 3.56. The third kappa shape index (κ3) is 5.63. The number of quaternary nitrogens is 1. The number of nitrogens with one attached hydrogen (secondary N) is 2. The van der Waals surface area contributed by atoms with Crippen molar-refractivity contribution in [3.05, 3.63) is 65.0 Å². The Balaban J connectivity index is 1.94. The number of benzene rings is 2. The van der Waals surface area contributed by atoms with E-state index in [0.717, 1.165) is 27.3 Å². The number of hydrogen-bond acceptors (Lipinski definition) is 2. The van der Waals surface area contributed by atoms with Crippen LogP contribution in [0.1, 0.15) is 23.6 Å². The van der Waals surface area contributed by atoms with E-state index in [2.05, 4.69) is 5.32 Å². The summed E-state index contributed by atoms with van der Waals surface area (Å²) in [5, 5.41) is 2.95. The van der Waals surface area contributed by atoms with Gasteiger partial charge in [-0.05, 0) is 49.6 Å². The predicted octanol–water partition coefficient (Wildman–Crippen LogP) is 1.94. The maximum atomic E-state index is 13.3. The smallest absolute Gasteiger partial charge is 0.280 e. The first-order chi connectivity index (χ1) is 13.2. The fraction of sp³-hybridized carbons (Fsp3) is 0.364. The molecule has 0 aliphatic heterocycles. The quantitative estimate of drug-likeness (QED) is 0.764. The van der Waals surface area contributed by atoms with Crippen LogP contribution in [-0.2, 0) is 16.1 Å². The third-order valence-corrected chi connectivity index (χ3v) is 4.98. The molecule has 0 radical (unpaired) electrons. The second-order valence-corrected chi connectivity index (χ2v) is 7.38. The number of para-hydroxylation sites is 1. The van der Waals surface area contributed by atoms with Crippen LogP contribution >= 0.6 is 0 Å². The highest BCUT2D eigenvalue weighted by Gasteiger charge is 2.27. The van der Waals surface area contributed by atoms with Crippen LogP contribution in [0.3, 0.4) is 0 Å².